The van der Waals surface area contributed by atoms with Crippen LogP contribution in [0.5, 0.6) is 11.5 Å². The highest BCUT2D eigenvalue weighted by Crippen LogP contribution is 2.47. The van der Waals surface area contributed by atoms with Crippen LogP contribution in [0.2, 0.25) is 0 Å². The number of nitrogens with zero attached hydrogens (tertiary/aromatic N) is 3. The first-order chi connectivity index (χ1) is 18.5. The minimum atomic E-state index is -1.51. The Balaban J connectivity index is 1.47. The normalized spacial score (nSPS) is 22.6. The van der Waals surface area contributed by atoms with Crippen molar-refractivity contribution in [1.29, 1.82) is 0 Å². The number of carbonyl (C=O) groups excluding carboxylic acids is 3. The predicted octanol–water partition coefficient (Wildman–Crippen LogP) is 3.22. The smallest absolute Gasteiger partial charge is 0.335 e. The van der Waals surface area contributed by atoms with E-state index in [4.69, 9.17) is 9.47 Å². The van der Waals surface area contributed by atoms with Gasteiger partial charge in [0, 0.05) is 25.3 Å². The van der Waals surface area contributed by atoms with Gasteiger partial charge in [0.25, 0.3) is 5.91 Å². The molecule has 38 heavy (non-hydrogen) atoms. The molecule has 3 heterocycles. The van der Waals surface area contributed by atoms with Crippen LogP contribution in [-0.4, -0.2) is 57.7 Å². The van der Waals surface area contributed by atoms with Gasteiger partial charge in [-0.1, -0.05) is 30.3 Å². The molecule has 9 nitrogen and oxygen atoms in total. The summed E-state index contributed by atoms with van der Waals surface area (Å²) < 4.78 is 10.9. The van der Waals surface area contributed by atoms with Gasteiger partial charge in [0.15, 0.2) is 5.41 Å². The molecule has 194 valence electrons. The zero-order valence-corrected chi connectivity index (χ0v) is 21.2. The number of carbonyl (C=O) groups is 3. The highest BCUT2D eigenvalue weighted by Gasteiger charge is 2.63. The number of anilines is 3. The molecule has 0 radical (unpaired) electrons. The molecule has 6 rings (SSSR count). The fraction of sp³-hybridized carbons (Fsp3) is 0.276. The van der Waals surface area contributed by atoms with E-state index in [-0.39, 0.29) is 6.42 Å². The number of benzene rings is 3. The summed E-state index contributed by atoms with van der Waals surface area (Å²) in [6, 6.07) is 21.0. The average molecular weight is 513 g/mol. The Morgan fingerprint density at radius 1 is 0.842 bits per heavy atom. The Morgan fingerprint density at radius 3 is 2.29 bits per heavy atom. The number of fused-ring (bicyclic) bond motifs is 4. The number of amides is 4. The Morgan fingerprint density at radius 2 is 1.55 bits per heavy atom. The summed E-state index contributed by atoms with van der Waals surface area (Å²) >= 11 is 0. The van der Waals surface area contributed by atoms with Gasteiger partial charge in [-0.25, -0.2) is 9.69 Å². The molecule has 1 N–H and O–H groups in total. The lowest BCUT2D eigenvalue weighted by atomic mass is 9.67. The number of ether oxygens (including phenoxy) is 2. The number of methoxy groups -OCH3 is 2. The van der Waals surface area contributed by atoms with Gasteiger partial charge in [0.1, 0.15) is 11.5 Å². The lowest BCUT2D eigenvalue weighted by molar-refractivity contribution is -0.144. The molecule has 3 aromatic carbocycles. The van der Waals surface area contributed by atoms with E-state index >= 15 is 0 Å². The third kappa shape index (κ3) is 3.49. The molecule has 0 aliphatic carbocycles. The summed E-state index contributed by atoms with van der Waals surface area (Å²) in [6.07, 6.45) is 0.189. The summed E-state index contributed by atoms with van der Waals surface area (Å²) in [6.45, 7) is 1.68. The van der Waals surface area contributed by atoms with E-state index in [1.807, 2.05) is 48.5 Å². The number of nitrogens with one attached hydrogen (secondary N) is 1. The monoisotopic (exact) mass is 512 g/mol. The van der Waals surface area contributed by atoms with Crippen molar-refractivity contribution >= 4 is 34.9 Å². The first-order valence-electron chi connectivity index (χ1n) is 12.5. The molecule has 1 spiro atoms. The van der Waals surface area contributed by atoms with E-state index in [2.05, 4.69) is 15.1 Å². The largest absolute Gasteiger partial charge is 0.497 e. The van der Waals surface area contributed by atoms with Gasteiger partial charge in [0.2, 0.25) is 5.91 Å². The standard InChI is InChI=1S/C29H28N4O5/c1-37-21-13-11-20(12-14-21)33-27(35)29(26(34)30-28(33)36)17-19-7-3-4-8-22(19)32-16-15-31(18-25(29)32)23-9-5-6-10-24(23)38-2/h3-14,25H,15-18H2,1-2H3,(H,30,34,36)/t25-,29+/m1/s1. The van der Waals surface area contributed by atoms with Crippen molar-refractivity contribution in [2.45, 2.75) is 12.5 Å². The van der Waals surface area contributed by atoms with Crippen LogP contribution >= 0.6 is 0 Å². The Hall–Kier alpha value is -4.53. The third-order valence-electron chi connectivity index (χ3n) is 7.89. The highest BCUT2D eigenvalue weighted by molar-refractivity contribution is 6.30. The molecule has 3 aromatic rings. The third-order valence-corrected chi connectivity index (χ3v) is 7.89. The van der Waals surface area contributed by atoms with Crippen LogP contribution in [-0.2, 0) is 16.0 Å². The van der Waals surface area contributed by atoms with E-state index in [0.717, 1.165) is 27.6 Å². The van der Waals surface area contributed by atoms with Crippen molar-refractivity contribution < 1.29 is 23.9 Å². The molecule has 2 saturated heterocycles. The van der Waals surface area contributed by atoms with Crippen molar-refractivity contribution in [1.82, 2.24) is 5.32 Å². The minimum absolute atomic E-state index is 0.189. The molecule has 4 amide bonds. The summed E-state index contributed by atoms with van der Waals surface area (Å²) in [7, 11) is 3.18. The summed E-state index contributed by atoms with van der Waals surface area (Å²) in [4.78, 5) is 46.8. The van der Waals surface area contributed by atoms with E-state index in [1.54, 1.807) is 38.5 Å². The first kappa shape index (κ1) is 23.8. The van der Waals surface area contributed by atoms with Gasteiger partial charge in [-0.3, -0.25) is 14.9 Å². The Kier molecular flexibility index (Phi) is 5.71. The van der Waals surface area contributed by atoms with Gasteiger partial charge in [-0.15, -0.1) is 0 Å². The van der Waals surface area contributed by atoms with Gasteiger partial charge < -0.3 is 19.3 Å². The zero-order chi connectivity index (χ0) is 26.4. The van der Waals surface area contributed by atoms with Crippen molar-refractivity contribution in [2.24, 2.45) is 5.41 Å². The van der Waals surface area contributed by atoms with Crippen molar-refractivity contribution in [2.75, 3.05) is 48.6 Å². The zero-order valence-electron chi connectivity index (χ0n) is 21.2. The molecule has 0 unspecified atom stereocenters. The molecule has 2 fully saturated rings. The molecule has 3 aliphatic heterocycles. The van der Waals surface area contributed by atoms with E-state index in [9.17, 15) is 14.4 Å². The second-order valence-electron chi connectivity index (χ2n) is 9.70. The van der Waals surface area contributed by atoms with Crippen molar-refractivity contribution in [3.63, 3.8) is 0 Å². The summed E-state index contributed by atoms with van der Waals surface area (Å²) in [5.41, 5.74) is 1.68. The van der Waals surface area contributed by atoms with Gasteiger partial charge in [-0.2, -0.15) is 0 Å². The SMILES string of the molecule is COc1ccc(N2C(=O)NC(=O)[C@@]3(Cc4ccccc4N4CCN(c5ccccc5OC)C[C@@H]43)C2=O)cc1. The van der Waals surface area contributed by atoms with Gasteiger partial charge in [0.05, 0.1) is 31.6 Å². The molecule has 0 saturated carbocycles. The van der Waals surface area contributed by atoms with Crippen LogP contribution in [0.15, 0.2) is 72.8 Å². The second-order valence-corrected chi connectivity index (χ2v) is 9.70. The van der Waals surface area contributed by atoms with Crippen LogP contribution < -0.4 is 29.5 Å². The summed E-state index contributed by atoms with van der Waals surface area (Å²) in [5.74, 6) is 0.231. The number of barbiturate groups is 1. The van der Waals surface area contributed by atoms with Crippen molar-refractivity contribution in [3.05, 3.63) is 78.4 Å². The molecule has 0 bridgehead atoms. The van der Waals surface area contributed by atoms with Crippen LogP contribution in [0.1, 0.15) is 5.56 Å². The number of piperazine rings is 1. The lowest BCUT2D eigenvalue weighted by Gasteiger charge is -2.55. The van der Waals surface area contributed by atoms with E-state index in [1.165, 1.54) is 0 Å². The lowest BCUT2D eigenvalue weighted by Crippen LogP contribution is -2.75. The average Bonchev–Trinajstić information content (AvgIpc) is 2.96. The number of hydrogen-bond acceptors (Lipinski definition) is 7. The fourth-order valence-electron chi connectivity index (χ4n) is 6.03. The maximum Gasteiger partial charge on any atom is 0.335 e. The maximum atomic E-state index is 14.5. The molecule has 2 atom stereocenters. The van der Waals surface area contributed by atoms with E-state index in [0.29, 0.717) is 31.1 Å². The minimum Gasteiger partial charge on any atom is -0.497 e. The number of imide groups is 2. The van der Waals surface area contributed by atoms with Crippen LogP contribution in [0, 0.1) is 5.41 Å². The van der Waals surface area contributed by atoms with Gasteiger partial charge >= 0.3 is 6.03 Å². The van der Waals surface area contributed by atoms with Crippen molar-refractivity contribution in [3.8, 4) is 11.5 Å². The molecule has 0 aromatic heterocycles. The number of hydrogen-bond donors (Lipinski definition) is 1. The van der Waals surface area contributed by atoms with Crippen LogP contribution in [0.3, 0.4) is 0 Å². The Labute approximate surface area is 220 Å². The number of urea groups is 1. The summed E-state index contributed by atoms with van der Waals surface area (Å²) in [5, 5.41) is 2.51. The van der Waals surface area contributed by atoms with E-state index < -0.39 is 29.3 Å². The molecule has 9 heteroatoms. The fourth-order valence-corrected chi connectivity index (χ4v) is 6.03. The quantitative estimate of drug-likeness (QED) is 0.537. The molecule has 3 aliphatic rings. The first-order valence-corrected chi connectivity index (χ1v) is 12.5. The van der Waals surface area contributed by atoms with Gasteiger partial charge in [-0.05, 0) is 54.4 Å². The maximum absolute atomic E-state index is 14.5. The predicted molar refractivity (Wildman–Crippen MR) is 143 cm³/mol. The molecular weight excluding hydrogens is 484 g/mol. The van der Waals surface area contributed by atoms with Crippen LogP contribution in [0.4, 0.5) is 21.9 Å². The molecular formula is C29H28N4O5. The topological polar surface area (TPSA) is 91.4 Å². The number of para-hydroxylation sites is 3. The second kappa shape index (κ2) is 9.09. The highest BCUT2D eigenvalue weighted by atomic mass is 16.5. The number of rotatable bonds is 4. The Bertz CT molecular complexity index is 1420. The van der Waals surface area contributed by atoms with Crippen LogP contribution in [0.25, 0.3) is 0 Å².